The molecule has 3 N–H and O–H groups in total. The third kappa shape index (κ3) is 6.72. The van der Waals surface area contributed by atoms with Gasteiger partial charge in [-0.25, -0.2) is 8.42 Å². The van der Waals surface area contributed by atoms with Crippen molar-refractivity contribution in [3.8, 4) is 11.5 Å². The minimum absolute atomic E-state index is 0.0225. The van der Waals surface area contributed by atoms with E-state index >= 15 is 0 Å². The van der Waals surface area contributed by atoms with Crippen molar-refractivity contribution < 1.29 is 23.7 Å². The first kappa shape index (κ1) is 23.6. The molecule has 0 radical (unpaired) electrons. The fourth-order valence-electron chi connectivity index (χ4n) is 3.73. The van der Waals surface area contributed by atoms with E-state index in [1.807, 2.05) is 30.3 Å². The number of quaternary nitrogens is 1. The van der Waals surface area contributed by atoms with Crippen LogP contribution in [0, 0.1) is 5.92 Å². The number of ether oxygens (including phenoxy) is 1. The summed E-state index contributed by atoms with van der Waals surface area (Å²) >= 11 is 4.58. The van der Waals surface area contributed by atoms with E-state index in [1.54, 1.807) is 29.2 Å². The van der Waals surface area contributed by atoms with Crippen LogP contribution in [0.15, 0.2) is 59.5 Å². The van der Waals surface area contributed by atoms with E-state index in [2.05, 4.69) is 18.4 Å². The van der Waals surface area contributed by atoms with Crippen molar-refractivity contribution in [1.82, 2.24) is 4.90 Å². The van der Waals surface area contributed by atoms with Gasteiger partial charge in [-0.2, -0.15) is 12.6 Å². The zero-order chi connectivity index (χ0) is 22.3. The lowest BCUT2D eigenvalue weighted by atomic mass is 10.1. The maximum atomic E-state index is 12.9. The average Bonchev–Trinajstić information content (AvgIpc) is 3.12. The molecule has 1 aliphatic heterocycles. The normalized spacial score (nSPS) is 18.8. The van der Waals surface area contributed by atoms with Gasteiger partial charge in [0, 0.05) is 30.7 Å². The molecular formula is C23H31N2O4S2+. The van der Waals surface area contributed by atoms with Crippen molar-refractivity contribution in [2.45, 2.75) is 35.8 Å². The van der Waals surface area contributed by atoms with Gasteiger partial charge in [0.05, 0.1) is 17.2 Å². The highest BCUT2D eigenvalue weighted by Crippen LogP contribution is 2.28. The second-order valence-corrected chi connectivity index (χ2v) is 10.7. The summed E-state index contributed by atoms with van der Waals surface area (Å²) in [5.41, 5.74) is 3.81. The molecule has 168 valence electrons. The number of likely N-dealkylation sites (tertiary alicyclic amines) is 1. The van der Waals surface area contributed by atoms with Gasteiger partial charge in [0.1, 0.15) is 11.5 Å². The number of sulfone groups is 1. The second-order valence-electron chi connectivity index (χ2n) is 7.96. The van der Waals surface area contributed by atoms with Gasteiger partial charge in [0.15, 0.2) is 9.84 Å². The molecule has 2 atom stereocenters. The van der Waals surface area contributed by atoms with Gasteiger partial charge in [-0.05, 0) is 55.7 Å². The third-order valence-electron chi connectivity index (χ3n) is 5.50. The molecule has 1 saturated heterocycles. The Balaban J connectivity index is 1.56. The molecule has 2 aromatic carbocycles. The molecule has 0 aliphatic carbocycles. The summed E-state index contributed by atoms with van der Waals surface area (Å²) in [6.07, 6.45) is 3.37. The largest absolute Gasteiger partial charge is 0.457 e. The van der Waals surface area contributed by atoms with Crippen LogP contribution in [-0.4, -0.2) is 49.9 Å². The van der Waals surface area contributed by atoms with Crippen molar-refractivity contribution in [2.75, 3.05) is 25.4 Å². The van der Waals surface area contributed by atoms with Crippen LogP contribution < -0.4 is 10.5 Å². The molecule has 0 spiro atoms. The number of carbonyl (C=O) groups is 1. The summed E-state index contributed by atoms with van der Waals surface area (Å²) in [6, 6.07) is 15.8. The van der Waals surface area contributed by atoms with Crippen molar-refractivity contribution in [3.05, 3.63) is 54.6 Å². The molecule has 1 aliphatic rings. The molecule has 0 unspecified atom stereocenters. The second kappa shape index (κ2) is 11.0. The average molecular weight is 464 g/mol. The smallest absolute Gasteiger partial charge is 0.222 e. The van der Waals surface area contributed by atoms with Crippen LogP contribution in [0.1, 0.15) is 25.7 Å². The van der Waals surface area contributed by atoms with Crippen LogP contribution >= 0.6 is 12.6 Å². The Morgan fingerprint density at radius 1 is 1.00 bits per heavy atom. The number of hydrogen-bond donors (Lipinski definition) is 2. The quantitative estimate of drug-likeness (QED) is 0.419. The Bertz CT molecular complexity index is 949. The Morgan fingerprint density at radius 3 is 2.35 bits per heavy atom. The minimum Gasteiger partial charge on any atom is -0.457 e. The predicted octanol–water partition coefficient (Wildman–Crippen LogP) is 2.81. The van der Waals surface area contributed by atoms with E-state index in [-0.39, 0.29) is 27.7 Å². The number of nitrogens with zero attached hydrogens (tertiary/aromatic N) is 1. The van der Waals surface area contributed by atoms with Gasteiger partial charge >= 0.3 is 0 Å². The maximum absolute atomic E-state index is 12.9. The third-order valence-corrected chi connectivity index (χ3v) is 7.94. The van der Waals surface area contributed by atoms with E-state index in [9.17, 15) is 13.2 Å². The molecule has 3 rings (SSSR count). The molecule has 1 amide bonds. The Hall–Kier alpha value is -2.03. The summed E-state index contributed by atoms with van der Waals surface area (Å²) in [6.45, 7) is 1.83. The van der Waals surface area contributed by atoms with Gasteiger partial charge in [-0.1, -0.05) is 18.2 Å². The number of para-hydroxylation sites is 1. The van der Waals surface area contributed by atoms with Crippen LogP contribution in [0.4, 0.5) is 0 Å². The van der Waals surface area contributed by atoms with E-state index in [0.29, 0.717) is 31.0 Å². The van der Waals surface area contributed by atoms with Crippen molar-refractivity contribution in [1.29, 1.82) is 0 Å². The lowest BCUT2D eigenvalue weighted by molar-refractivity contribution is -0.368. The Morgan fingerprint density at radius 2 is 1.68 bits per heavy atom. The fraction of sp³-hybridized carbons (Fsp3) is 0.435. The van der Waals surface area contributed by atoms with Gasteiger partial charge < -0.3 is 15.4 Å². The first-order valence-corrected chi connectivity index (χ1v) is 12.9. The molecule has 31 heavy (non-hydrogen) atoms. The van der Waals surface area contributed by atoms with Crippen LogP contribution in [0.25, 0.3) is 0 Å². The number of benzene rings is 2. The standard InChI is InChI=1S/C23H30N2O4S2/c24-14-6-2-5-9-23(26)25-15-18(22(30)16-25)17-31(27,28)21-12-10-20(11-13-21)29-19-7-3-1-4-8-19/h1,3-4,7-8,10-13,18,22,30H,2,5-6,9,14-17,24H2/p+1/t18-,22+/m1/s1. The zero-order valence-electron chi connectivity index (χ0n) is 17.7. The topological polar surface area (TPSA) is 91.3 Å². The number of carbonyl (C=O) groups excluding carboxylic acids is 1. The van der Waals surface area contributed by atoms with Crippen LogP contribution in [0.5, 0.6) is 11.5 Å². The SMILES string of the molecule is [NH3+]CCCCCC(=O)N1C[C@H](CS(=O)(=O)c2ccc(Oc3ccccc3)cc2)[C@@H](S)C1. The Kier molecular flexibility index (Phi) is 8.40. The molecule has 6 nitrogen and oxygen atoms in total. The summed E-state index contributed by atoms with van der Waals surface area (Å²) in [4.78, 5) is 14.5. The first-order valence-electron chi connectivity index (χ1n) is 10.7. The number of thiol groups is 1. The maximum Gasteiger partial charge on any atom is 0.222 e. The minimum atomic E-state index is -3.49. The lowest BCUT2D eigenvalue weighted by Gasteiger charge is -2.16. The molecule has 1 fully saturated rings. The number of amides is 1. The van der Waals surface area contributed by atoms with Crippen molar-refractivity contribution in [2.24, 2.45) is 5.92 Å². The monoisotopic (exact) mass is 463 g/mol. The number of hydrogen-bond acceptors (Lipinski definition) is 5. The first-order chi connectivity index (χ1) is 14.9. The summed E-state index contributed by atoms with van der Waals surface area (Å²) < 4.78 is 31.6. The van der Waals surface area contributed by atoms with Crippen molar-refractivity contribution >= 4 is 28.4 Å². The molecular weight excluding hydrogens is 432 g/mol. The summed E-state index contributed by atoms with van der Waals surface area (Å²) in [5.74, 6) is 1.15. The number of unbranched alkanes of at least 4 members (excludes halogenated alkanes) is 2. The number of rotatable bonds is 10. The lowest BCUT2D eigenvalue weighted by Crippen LogP contribution is -2.50. The van der Waals surface area contributed by atoms with Gasteiger partial charge in [0.25, 0.3) is 0 Å². The molecule has 0 saturated carbocycles. The van der Waals surface area contributed by atoms with E-state index in [1.165, 1.54) is 0 Å². The van der Waals surface area contributed by atoms with E-state index in [0.717, 1.165) is 25.8 Å². The molecule has 2 aromatic rings. The predicted molar refractivity (Wildman–Crippen MR) is 124 cm³/mol. The molecule has 8 heteroatoms. The summed E-state index contributed by atoms with van der Waals surface area (Å²) in [5, 5.41) is -0.140. The fourth-order valence-corrected chi connectivity index (χ4v) is 5.91. The van der Waals surface area contributed by atoms with Gasteiger partial charge in [-0.15, -0.1) is 0 Å². The Labute approximate surface area is 190 Å². The molecule has 1 heterocycles. The van der Waals surface area contributed by atoms with Gasteiger partial charge in [0.2, 0.25) is 5.91 Å². The highest BCUT2D eigenvalue weighted by Gasteiger charge is 2.36. The highest BCUT2D eigenvalue weighted by molar-refractivity contribution is 7.91. The van der Waals surface area contributed by atoms with E-state index < -0.39 is 9.84 Å². The molecule has 0 aromatic heterocycles. The van der Waals surface area contributed by atoms with Crippen molar-refractivity contribution in [3.63, 3.8) is 0 Å². The van der Waals surface area contributed by atoms with Crippen LogP contribution in [0.3, 0.4) is 0 Å². The van der Waals surface area contributed by atoms with Crippen LogP contribution in [0.2, 0.25) is 0 Å². The summed E-state index contributed by atoms with van der Waals surface area (Å²) in [7, 11) is -3.49. The van der Waals surface area contributed by atoms with Crippen LogP contribution in [-0.2, 0) is 14.6 Å². The van der Waals surface area contributed by atoms with Gasteiger partial charge in [-0.3, -0.25) is 4.79 Å². The zero-order valence-corrected chi connectivity index (χ0v) is 19.4. The highest BCUT2D eigenvalue weighted by atomic mass is 32.2. The van der Waals surface area contributed by atoms with E-state index in [4.69, 9.17) is 4.74 Å². The molecule has 0 bridgehead atoms.